The van der Waals surface area contributed by atoms with Gasteiger partial charge in [-0.3, -0.25) is 4.79 Å². The molecule has 0 atom stereocenters. The Morgan fingerprint density at radius 1 is 0.971 bits per heavy atom. The third-order valence-corrected chi connectivity index (χ3v) is 5.36. The third kappa shape index (κ3) is 4.82. The zero-order chi connectivity index (χ0) is 24.1. The Bertz CT molecular complexity index is 1280. The predicted octanol–water partition coefficient (Wildman–Crippen LogP) is 5.01. The first kappa shape index (κ1) is 23.1. The summed E-state index contributed by atoms with van der Waals surface area (Å²) >= 11 is 5.95. The Balaban J connectivity index is 1.56. The fraction of sp³-hybridized carbons (Fsp3) is 0.160. The standard InChI is InChI=1S/C25H22ClN3O5/c1-31-20-12-15(13-21(32-2)22(20)33-3)14-27-24(30)18-6-4-5-7-19(18)25-28-23(29-34-25)16-8-10-17(26)11-9-16/h4-13H,14H2,1-3H3,(H,27,30). The van der Waals surface area contributed by atoms with Gasteiger partial charge in [0.05, 0.1) is 32.5 Å². The number of aromatic nitrogens is 2. The molecule has 34 heavy (non-hydrogen) atoms. The summed E-state index contributed by atoms with van der Waals surface area (Å²) in [6.07, 6.45) is 0. The predicted molar refractivity (Wildman–Crippen MR) is 127 cm³/mol. The minimum atomic E-state index is -0.296. The van der Waals surface area contributed by atoms with E-state index >= 15 is 0 Å². The second-order valence-electron chi connectivity index (χ2n) is 7.19. The summed E-state index contributed by atoms with van der Waals surface area (Å²) in [4.78, 5) is 17.5. The summed E-state index contributed by atoms with van der Waals surface area (Å²) in [6.45, 7) is 0.240. The highest BCUT2D eigenvalue weighted by molar-refractivity contribution is 6.30. The number of rotatable bonds is 8. The molecule has 0 aliphatic heterocycles. The number of carbonyl (C=O) groups is 1. The molecule has 4 aromatic rings. The molecule has 0 bridgehead atoms. The van der Waals surface area contributed by atoms with E-state index in [-0.39, 0.29) is 18.3 Å². The maximum Gasteiger partial charge on any atom is 0.259 e. The van der Waals surface area contributed by atoms with Gasteiger partial charge in [-0.2, -0.15) is 4.98 Å². The number of hydrogen-bond donors (Lipinski definition) is 1. The number of halogens is 1. The Kier molecular flexibility index (Phi) is 6.98. The van der Waals surface area contributed by atoms with Crippen LogP contribution in [0.5, 0.6) is 17.2 Å². The molecular weight excluding hydrogens is 458 g/mol. The Morgan fingerprint density at radius 2 is 1.65 bits per heavy atom. The molecule has 174 valence electrons. The van der Waals surface area contributed by atoms with Crippen LogP contribution >= 0.6 is 11.6 Å². The van der Waals surface area contributed by atoms with E-state index in [4.69, 9.17) is 30.3 Å². The fourth-order valence-corrected chi connectivity index (χ4v) is 3.56. The van der Waals surface area contributed by atoms with Gasteiger partial charge in [0.15, 0.2) is 11.5 Å². The fourth-order valence-electron chi connectivity index (χ4n) is 3.43. The van der Waals surface area contributed by atoms with Gasteiger partial charge in [-0.15, -0.1) is 0 Å². The number of hydrogen-bond acceptors (Lipinski definition) is 7. The summed E-state index contributed by atoms with van der Waals surface area (Å²) in [6, 6.07) is 17.7. The number of nitrogens with zero attached hydrogens (tertiary/aromatic N) is 2. The molecule has 0 radical (unpaired) electrons. The average molecular weight is 480 g/mol. The molecule has 0 aliphatic rings. The van der Waals surface area contributed by atoms with Crippen LogP contribution in [0.2, 0.25) is 5.02 Å². The van der Waals surface area contributed by atoms with Crippen LogP contribution in [0.1, 0.15) is 15.9 Å². The average Bonchev–Trinajstić information content (AvgIpc) is 3.37. The van der Waals surface area contributed by atoms with Gasteiger partial charge in [-0.25, -0.2) is 0 Å². The van der Waals surface area contributed by atoms with E-state index in [9.17, 15) is 4.79 Å². The summed E-state index contributed by atoms with van der Waals surface area (Å²) < 4.78 is 21.6. The number of nitrogens with one attached hydrogen (secondary N) is 1. The first-order valence-electron chi connectivity index (χ1n) is 10.3. The van der Waals surface area contributed by atoms with Crippen LogP contribution in [0.3, 0.4) is 0 Å². The van der Waals surface area contributed by atoms with E-state index in [2.05, 4.69) is 15.5 Å². The molecule has 8 nitrogen and oxygen atoms in total. The van der Waals surface area contributed by atoms with Crippen molar-refractivity contribution in [2.75, 3.05) is 21.3 Å². The Labute approximate surface area is 201 Å². The van der Waals surface area contributed by atoms with Crippen LogP contribution < -0.4 is 19.5 Å². The summed E-state index contributed by atoms with van der Waals surface area (Å²) in [7, 11) is 4.62. The number of amides is 1. The molecule has 0 fully saturated rings. The summed E-state index contributed by atoms with van der Waals surface area (Å²) in [5, 5.41) is 7.57. The second kappa shape index (κ2) is 10.3. The van der Waals surface area contributed by atoms with Gasteiger partial charge in [0.25, 0.3) is 11.8 Å². The van der Waals surface area contributed by atoms with Gasteiger partial charge in [0, 0.05) is 17.1 Å². The van der Waals surface area contributed by atoms with Crippen molar-refractivity contribution in [2.24, 2.45) is 0 Å². The highest BCUT2D eigenvalue weighted by Gasteiger charge is 2.19. The monoisotopic (exact) mass is 479 g/mol. The first-order chi connectivity index (χ1) is 16.5. The zero-order valence-corrected chi connectivity index (χ0v) is 19.6. The normalized spacial score (nSPS) is 10.6. The molecule has 0 unspecified atom stereocenters. The molecule has 0 saturated carbocycles. The maximum atomic E-state index is 13.1. The maximum absolute atomic E-state index is 13.1. The molecule has 0 saturated heterocycles. The van der Waals surface area contributed by atoms with Crippen molar-refractivity contribution in [3.63, 3.8) is 0 Å². The molecule has 3 aromatic carbocycles. The van der Waals surface area contributed by atoms with E-state index in [1.165, 1.54) is 7.11 Å². The number of ether oxygens (including phenoxy) is 3. The van der Waals surface area contributed by atoms with Crippen LogP contribution in [0, 0.1) is 0 Å². The van der Waals surface area contributed by atoms with E-state index in [1.54, 1.807) is 74.9 Å². The minimum absolute atomic E-state index is 0.239. The van der Waals surface area contributed by atoms with Gasteiger partial charge < -0.3 is 24.1 Å². The molecule has 9 heteroatoms. The molecule has 0 aliphatic carbocycles. The molecule has 4 rings (SSSR count). The minimum Gasteiger partial charge on any atom is -0.493 e. The van der Waals surface area contributed by atoms with Crippen molar-refractivity contribution >= 4 is 17.5 Å². The topological polar surface area (TPSA) is 95.7 Å². The largest absolute Gasteiger partial charge is 0.493 e. The molecule has 1 heterocycles. The van der Waals surface area contributed by atoms with Crippen molar-refractivity contribution in [3.8, 4) is 40.1 Å². The lowest BCUT2D eigenvalue weighted by Crippen LogP contribution is -2.23. The van der Waals surface area contributed by atoms with Crippen LogP contribution in [-0.4, -0.2) is 37.4 Å². The lowest BCUT2D eigenvalue weighted by molar-refractivity contribution is 0.0951. The van der Waals surface area contributed by atoms with E-state index < -0.39 is 0 Å². The van der Waals surface area contributed by atoms with E-state index in [1.807, 2.05) is 0 Å². The lowest BCUT2D eigenvalue weighted by Gasteiger charge is -2.14. The van der Waals surface area contributed by atoms with Gasteiger partial charge in [-0.05, 0) is 54.1 Å². The SMILES string of the molecule is COc1cc(CNC(=O)c2ccccc2-c2nc(-c3ccc(Cl)cc3)no2)cc(OC)c1OC. The molecule has 1 N–H and O–H groups in total. The van der Waals surface area contributed by atoms with Gasteiger partial charge in [-0.1, -0.05) is 28.9 Å². The van der Waals surface area contributed by atoms with Gasteiger partial charge >= 0.3 is 0 Å². The van der Waals surface area contributed by atoms with Crippen molar-refractivity contribution in [2.45, 2.75) is 6.54 Å². The van der Waals surface area contributed by atoms with Crippen LogP contribution in [0.4, 0.5) is 0 Å². The van der Waals surface area contributed by atoms with Crippen molar-refractivity contribution in [1.29, 1.82) is 0 Å². The van der Waals surface area contributed by atoms with Crippen molar-refractivity contribution in [3.05, 3.63) is 76.8 Å². The summed E-state index contributed by atoms with van der Waals surface area (Å²) in [5.74, 6) is 1.84. The highest BCUT2D eigenvalue weighted by atomic mass is 35.5. The van der Waals surface area contributed by atoms with Crippen LogP contribution in [-0.2, 0) is 6.54 Å². The summed E-state index contributed by atoms with van der Waals surface area (Å²) in [5.41, 5.74) is 2.46. The number of carbonyl (C=O) groups excluding carboxylic acids is 1. The van der Waals surface area contributed by atoms with Crippen LogP contribution in [0.15, 0.2) is 65.2 Å². The zero-order valence-electron chi connectivity index (χ0n) is 18.8. The molecule has 0 spiro atoms. The van der Waals surface area contributed by atoms with E-state index in [0.29, 0.717) is 39.2 Å². The van der Waals surface area contributed by atoms with Crippen molar-refractivity contribution in [1.82, 2.24) is 15.5 Å². The van der Waals surface area contributed by atoms with Gasteiger partial charge in [0.2, 0.25) is 11.6 Å². The number of benzene rings is 3. The lowest BCUT2D eigenvalue weighted by atomic mass is 10.1. The third-order valence-electron chi connectivity index (χ3n) is 5.11. The first-order valence-corrected chi connectivity index (χ1v) is 10.7. The molecule has 1 amide bonds. The highest BCUT2D eigenvalue weighted by Crippen LogP contribution is 2.38. The number of methoxy groups -OCH3 is 3. The van der Waals surface area contributed by atoms with Gasteiger partial charge in [0.1, 0.15) is 0 Å². The van der Waals surface area contributed by atoms with Crippen molar-refractivity contribution < 1.29 is 23.5 Å². The second-order valence-corrected chi connectivity index (χ2v) is 7.63. The Morgan fingerprint density at radius 3 is 2.29 bits per heavy atom. The smallest absolute Gasteiger partial charge is 0.259 e. The molecular formula is C25H22ClN3O5. The molecule has 1 aromatic heterocycles. The quantitative estimate of drug-likeness (QED) is 0.379. The van der Waals surface area contributed by atoms with E-state index in [0.717, 1.165) is 11.1 Å². The van der Waals surface area contributed by atoms with Crippen LogP contribution in [0.25, 0.3) is 22.8 Å². The Hall–Kier alpha value is -4.04.